The molecule has 2 N–H and O–H groups in total. The van der Waals surface area contributed by atoms with Gasteiger partial charge in [0.25, 0.3) is 5.91 Å². The van der Waals surface area contributed by atoms with E-state index < -0.39 is 11.5 Å². The van der Waals surface area contributed by atoms with Gasteiger partial charge in [-0.25, -0.2) is 0 Å². The monoisotopic (exact) mass is 434 g/mol. The van der Waals surface area contributed by atoms with Crippen molar-refractivity contribution in [1.29, 1.82) is 0 Å². The Morgan fingerprint density at radius 3 is 2.59 bits per heavy atom. The molecule has 2 atom stereocenters. The molecular weight excluding hydrogens is 404 g/mol. The van der Waals surface area contributed by atoms with E-state index in [1.807, 2.05) is 32.0 Å². The van der Waals surface area contributed by atoms with Crippen molar-refractivity contribution in [3.8, 4) is 0 Å². The summed E-state index contributed by atoms with van der Waals surface area (Å²) in [4.78, 5) is 43.3. The molecule has 1 fully saturated rings. The molecule has 168 valence electrons. The fourth-order valence-electron chi connectivity index (χ4n) is 4.70. The number of carbonyl (C=O) groups excluding carboxylic acids is 3. The predicted molar refractivity (Wildman–Crippen MR) is 123 cm³/mol. The number of para-hydroxylation sites is 1. The first-order valence-corrected chi connectivity index (χ1v) is 11.2. The van der Waals surface area contributed by atoms with Crippen LogP contribution in [-0.4, -0.2) is 54.3 Å². The molecule has 7 nitrogen and oxygen atoms in total. The van der Waals surface area contributed by atoms with Crippen LogP contribution in [0.5, 0.6) is 0 Å². The number of amides is 3. The molecule has 2 aliphatic heterocycles. The second-order valence-electron chi connectivity index (χ2n) is 8.87. The summed E-state index contributed by atoms with van der Waals surface area (Å²) in [7, 11) is 0. The van der Waals surface area contributed by atoms with Crippen LogP contribution in [0.25, 0.3) is 0 Å². The summed E-state index contributed by atoms with van der Waals surface area (Å²) >= 11 is 0. The molecule has 32 heavy (non-hydrogen) atoms. The van der Waals surface area contributed by atoms with Gasteiger partial charge in [-0.05, 0) is 31.0 Å². The smallest absolute Gasteiger partial charge is 0.253 e. The molecule has 7 heteroatoms. The van der Waals surface area contributed by atoms with E-state index in [0.29, 0.717) is 37.4 Å². The van der Waals surface area contributed by atoms with Crippen LogP contribution in [0.2, 0.25) is 0 Å². The summed E-state index contributed by atoms with van der Waals surface area (Å²) < 4.78 is 0. The highest BCUT2D eigenvalue weighted by Crippen LogP contribution is 2.35. The van der Waals surface area contributed by atoms with Crippen molar-refractivity contribution < 1.29 is 14.4 Å². The van der Waals surface area contributed by atoms with Crippen molar-refractivity contribution in [3.63, 3.8) is 0 Å². The molecule has 0 aliphatic carbocycles. The highest BCUT2D eigenvalue weighted by molar-refractivity contribution is 6.09. The predicted octanol–water partition coefficient (Wildman–Crippen LogP) is 2.18. The SMILES string of the molecule is CCCNC(=O)CN1C(=O)[C@@H]2CN(Cc3ccccc3)C[C@]2(C)NC(=O)c2ccccc21. The molecule has 2 aromatic rings. The number of carbonyl (C=O) groups is 3. The Balaban J connectivity index is 1.66. The Kier molecular flexibility index (Phi) is 6.28. The van der Waals surface area contributed by atoms with Crippen LogP contribution in [0, 0.1) is 5.92 Å². The quantitative estimate of drug-likeness (QED) is 0.730. The standard InChI is InChI=1S/C25H30N4O3/c1-3-13-26-22(30)16-29-21-12-8-7-11-19(21)23(31)27-25(2)17-28(15-20(25)24(29)32)14-18-9-5-4-6-10-18/h4-12,20H,3,13-17H2,1-2H3,(H,26,30)(H,27,31)/t20-,25-/m0/s1. The van der Waals surface area contributed by atoms with E-state index in [-0.39, 0.29) is 24.3 Å². The third-order valence-corrected chi connectivity index (χ3v) is 6.29. The molecule has 0 bridgehead atoms. The topological polar surface area (TPSA) is 81.8 Å². The van der Waals surface area contributed by atoms with Gasteiger partial charge in [0.1, 0.15) is 6.54 Å². The van der Waals surface area contributed by atoms with Gasteiger partial charge in [-0.15, -0.1) is 0 Å². The van der Waals surface area contributed by atoms with Gasteiger partial charge in [0.2, 0.25) is 11.8 Å². The second-order valence-corrected chi connectivity index (χ2v) is 8.87. The second kappa shape index (κ2) is 9.12. The van der Waals surface area contributed by atoms with Crippen molar-refractivity contribution in [2.45, 2.75) is 32.4 Å². The third kappa shape index (κ3) is 4.39. The van der Waals surface area contributed by atoms with Gasteiger partial charge >= 0.3 is 0 Å². The fourth-order valence-corrected chi connectivity index (χ4v) is 4.70. The Morgan fingerprint density at radius 1 is 1.12 bits per heavy atom. The number of hydrogen-bond donors (Lipinski definition) is 2. The first-order valence-electron chi connectivity index (χ1n) is 11.2. The zero-order valence-corrected chi connectivity index (χ0v) is 18.6. The normalized spacial score (nSPS) is 23.1. The van der Waals surface area contributed by atoms with Crippen molar-refractivity contribution in [2.75, 3.05) is 31.1 Å². The summed E-state index contributed by atoms with van der Waals surface area (Å²) in [6.07, 6.45) is 0.813. The lowest BCUT2D eigenvalue weighted by atomic mass is 9.86. The van der Waals surface area contributed by atoms with Gasteiger partial charge < -0.3 is 15.5 Å². The van der Waals surface area contributed by atoms with Crippen LogP contribution < -0.4 is 15.5 Å². The molecule has 2 heterocycles. The molecule has 0 unspecified atom stereocenters. The average Bonchev–Trinajstić information content (AvgIpc) is 3.10. The maximum atomic E-state index is 13.8. The molecule has 2 aromatic carbocycles. The van der Waals surface area contributed by atoms with E-state index in [9.17, 15) is 14.4 Å². The van der Waals surface area contributed by atoms with Gasteiger partial charge in [-0.2, -0.15) is 0 Å². The zero-order valence-electron chi connectivity index (χ0n) is 18.6. The number of nitrogens with zero attached hydrogens (tertiary/aromatic N) is 2. The first kappa shape index (κ1) is 22.0. The molecular formula is C25H30N4O3. The van der Waals surface area contributed by atoms with E-state index in [2.05, 4.69) is 27.7 Å². The Bertz CT molecular complexity index is 1010. The summed E-state index contributed by atoms with van der Waals surface area (Å²) in [5, 5.41) is 5.98. The highest BCUT2D eigenvalue weighted by Gasteiger charge is 2.51. The van der Waals surface area contributed by atoms with E-state index in [0.717, 1.165) is 12.0 Å². The third-order valence-electron chi connectivity index (χ3n) is 6.29. The molecule has 3 amide bonds. The number of likely N-dealkylation sites (tertiary alicyclic amines) is 1. The maximum Gasteiger partial charge on any atom is 0.253 e. The van der Waals surface area contributed by atoms with Crippen molar-refractivity contribution in [3.05, 3.63) is 65.7 Å². The maximum absolute atomic E-state index is 13.8. The van der Waals surface area contributed by atoms with Gasteiger partial charge in [0.05, 0.1) is 22.7 Å². The molecule has 0 radical (unpaired) electrons. The highest BCUT2D eigenvalue weighted by atomic mass is 16.2. The number of fused-ring (bicyclic) bond motifs is 2. The number of nitrogens with one attached hydrogen (secondary N) is 2. The summed E-state index contributed by atoms with van der Waals surface area (Å²) in [6, 6.07) is 17.1. The number of hydrogen-bond acceptors (Lipinski definition) is 4. The van der Waals surface area contributed by atoms with Crippen LogP contribution in [0.15, 0.2) is 54.6 Å². The lowest BCUT2D eigenvalue weighted by Crippen LogP contribution is -2.59. The largest absolute Gasteiger partial charge is 0.355 e. The summed E-state index contributed by atoms with van der Waals surface area (Å²) in [5.74, 6) is -1.04. The van der Waals surface area contributed by atoms with Crippen LogP contribution in [0.3, 0.4) is 0 Å². The molecule has 0 saturated carbocycles. The Labute approximate surface area is 188 Å². The fraction of sp³-hybridized carbons (Fsp3) is 0.400. The van der Waals surface area contributed by atoms with Crippen LogP contribution in [-0.2, 0) is 16.1 Å². The van der Waals surface area contributed by atoms with Crippen LogP contribution in [0.4, 0.5) is 5.69 Å². The molecule has 0 aromatic heterocycles. The van der Waals surface area contributed by atoms with Gasteiger partial charge in [-0.1, -0.05) is 49.4 Å². The molecule has 4 rings (SSSR count). The lowest BCUT2D eigenvalue weighted by Gasteiger charge is -2.37. The van der Waals surface area contributed by atoms with Gasteiger partial charge in [0.15, 0.2) is 0 Å². The van der Waals surface area contributed by atoms with E-state index in [1.165, 1.54) is 4.90 Å². The van der Waals surface area contributed by atoms with E-state index >= 15 is 0 Å². The van der Waals surface area contributed by atoms with Crippen molar-refractivity contribution in [2.24, 2.45) is 5.92 Å². The van der Waals surface area contributed by atoms with Gasteiger partial charge in [-0.3, -0.25) is 19.3 Å². The van der Waals surface area contributed by atoms with Crippen LogP contribution >= 0.6 is 0 Å². The number of benzene rings is 2. The van der Waals surface area contributed by atoms with Crippen LogP contribution in [0.1, 0.15) is 36.2 Å². The van der Waals surface area contributed by atoms with E-state index in [1.54, 1.807) is 24.3 Å². The van der Waals surface area contributed by atoms with Crippen molar-refractivity contribution in [1.82, 2.24) is 15.5 Å². The number of anilines is 1. The average molecular weight is 435 g/mol. The van der Waals surface area contributed by atoms with Gasteiger partial charge in [0, 0.05) is 26.2 Å². The molecule has 0 spiro atoms. The van der Waals surface area contributed by atoms with Crippen molar-refractivity contribution >= 4 is 23.4 Å². The van der Waals surface area contributed by atoms with E-state index in [4.69, 9.17) is 0 Å². The minimum Gasteiger partial charge on any atom is -0.355 e. The minimum atomic E-state index is -0.728. The summed E-state index contributed by atoms with van der Waals surface area (Å²) in [5.41, 5.74) is 1.31. The molecule has 1 saturated heterocycles. The summed E-state index contributed by atoms with van der Waals surface area (Å²) in [6.45, 7) is 6.12. The number of rotatable bonds is 6. The first-order chi connectivity index (χ1) is 15.4. The minimum absolute atomic E-state index is 0.103. The molecule has 2 aliphatic rings. The Morgan fingerprint density at radius 2 is 1.84 bits per heavy atom. The Hall–Kier alpha value is -3.19. The zero-order chi connectivity index (χ0) is 22.7. The lowest BCUT2D eigenvalue weighted by molar-refractivity contribution is -0.126.